The summed E-state index contributed by atoms with van der Waals surface area (Å²) in [7, 11) is 0. The van der Waals surface area contributed by atoms with E-state index in [2.05, 4.69) is 5.32 Å². The number of esters is 1. The van der Waals surface area contributed by atoms with Gasteiger partial charge in [-0.05, 0) is 36.4 Å². The summed E-state index contributed by atoms with van der Waals surface area (Å²) < 4.78 is 32.4. The van der Waals surface area contributed by atoms with Crippen LogP contribution in [0.25, 0.3) is 0 Å². The molecule has 0 aliphatic carbocycles. The van der Waals surface area contributed by atoms with E-state index >= 15 is 0 Å². The van der Waals surface area contributed by atoms with Gasteiger partial charge in [0.15, 0.2) is 0 Å². The predicted octanol–water partition coefficient (Wildman–Crippen LogP) is 5.16. The first-order valence-electron chi connectivity index (χ1n) is 8.22. The number of rotatable bonds is 5. The zero-order valence-corrected chi connectivity index (χ0v) is 15.1. The molecular formula is C21H14ClF2NO3. The van der Waals surface area contributed by atoms with Gasteiger partial charge < -0.3 is 10.1 Å². The number of carbonyl (C=O) groups excluding carboxylic acids is 2. The molecule has 1 N–H and O–H groups in total. The van der Waals surface area contributed by atoms with Crippen molar-refractivity contribution in [2.75, 3.05) is 5.32 Å². The van der Waals surface area contributed by atoms with E-state index in [4.69, 9.17) is 16.3 Å². The van der Waals surface area contributed by atoms with E-state index < -0.39 is 35.2 Å². The monoisotopic (exact) mass is 401 g/mol. The Labute approximate surface area is 164 Å². The van der Waals surface area contributed by atoms with Gasteiger partial charge in [0.25, 0.3) is 5.91 Å². The minimum atomic E-state index is -1.37. The Balaban J connectivity index is 1.88. The van der Waals surface area contributed by atoms with Crippen LogP contribution in [-0.4, -0.2) is 11.9 Å². The van der Waals surface area contributed by atoms with Gasteiger partial charge in [-0.25, -0.2) is 13.6 Å². The lowest BCUT2D eigenvalue weighted by Gasteiger charge is -2.18. The first kappa shape index (κ1) is 19.5. The van der Waals surface area contributed by atoms with Crippen molar-refractivity contribution < 1.29 is 23.1 Å². The number of hydrogen-bond acceptors (Lipinski definition) is 3. The Morgan fingerprint density at radius 3 is 2.21 bits per heavy atom. The van der Waals surface area contributed by atoms with Crippen LogP contribution in [0.4, 0.5) is 14.5 Å². The molecule has 0 spiro atoms. The minimum absolute atomic E-state index is 0.129. The van der Waals surface area contributed by atoms with Crippen LogP contribution < -0.4 is 5.32 Å². The summed E-state index contributed by atoms with van der Waals surface area (Å²) in [5.41, 5.74) is 0.231. The van der Waals surface area contributed by atoms with Gasteiger partial charge in [-0.15, -0.1) is 0 Å². The van der Waals surface area contributed by atoms with Crippen molar-refractivity contribution in [3.63, 3.8) is 0 Å². The highest BCUT2D eigenvalue weighted by Gasteiger charge is 2.28. The largest absolute Gasteiger partial charge is 0.444 e. The third kappa shape index (κ3) is 4.53. The highest BCUT2D eigenvalue weighted by atomic mass is 35.5. The first-order chi connectivity index (χ1) is 13.5. The fraction of sp³-hybridized carbons (Fsp3) is 0.0476. The molecule has 0 saturated heterocycles. The number of amides is 1. The van der Waals surface area contributed by atoms with Crippen molar-refractivity contribution >= 4 is 29.2 Å². The van der Waals surface area contributed by atoms with Crippen LogP contribution in [0.1, 0.15) is 22.0 Å². The predicted molar refractivity (Wildman–Crippen MR) is 101 cm³/mol. The number of carbonyl (C=O) groups is 2. The average molecular weight is 402 g/mol. The molecule has 0 aromatic heterocycles. The van der Waals surface area contributed by atoms with Crippen molar-refractivity contribution in [1.29, 1.82) is 0 Å². The van der Waals surface area contributed by atoms with E-state index in [1.165, 1.54) is 36.4 Å². The average Bonchev–Trinajstić information content (AvgIpc) is 2.68. The Kier molecular flexibility index (Phi) is 6.01. The number of ether oxygens (including phenoxy) is 1. The molecule has 1 amide bonds. The fourth-order valence-corrected chi connectivity index (χ4v) is 2.74. The molecule has 0 unspecified atom stereocenters. The fourth-order valence-electron chi connectivity index (χ4n) is 2.50. The van der Waals surface area contributed by atoms with E-state index in [0.717, 1.165) is 6.07 Å². The number of hydrogen-bond donors (Lipinski definition) is 1. The molecule has 28 heavy (non-hydrogen) atoms. The normalized spacial score (nSPS) is 11.5. The van der Waals surface area contributed by atoms with Crippen LogP contribution in [0.15, 0.2) is 72.8 Å². The van der Waals surface area contributed by atoms with Gasteiger partial charge >= 0.3 is 5.97 Å². The molecule has 0 aliphatic rings. The third-order valence-electron chi connectivity index (χ3n) is 3.84. The molecule has 1 atom stereocenters. The summed E-state index contributed by atoms with van der Waals surface area (Å²) in [4.78, 5) is 25.2. The summed E-state index contributed by atoms with van der Waals surface area (Å²) in [6, 6.07) is 17.1. The van der Waals surface area contributed by atoms with Crippen molar-refractivity contribution in [2.45, 2.75) is 6.10 Å². The SMILES string of the molecule is O=C(O[C@@H](C(=O)Nc1ccc(F)cc1)c1ccccc1)c1c(F)cccc1Cl. The summed E-state index contributed by atoms with van der Waals surface area (Å²) in [5, 5.41) is 2.42. The van der Waals surface area contributed by atoms with Gasteiger partial charge in [0, 0.05) is 11.3 Å². The molecule has 142 valence electrons. The van der Waals surface area contributed by atoms with Gasteiger partial charge in [0.1, 0.15) is 17.2 Å². The molecule has 0 saturated carbocycles. The Bertz CT molecular complexity index is 974. The van der Waals surface area contributed by atoms with Crippen LogP contribution in [0, 0.1) is 11.6 Å². The van der Waals surface area contributed by atoms with Crippen LogP contribution in [0.3, 0.4) is 0 Å². The van der Waals surface area contributed by atoms with Crippen LogP contribution in [0.2, 0.25) is 5.02 Å². The number of anilines is 1. The maximum atomic E-state index is 14.0. The van der Waals surface area contributed by atoms with Gasteiger partial charge in [0.2, 0.25) is 6.10 Å². The molecule has 4 nitrogen and oxygen atoms in total. The number of benzene rings is 3. The van der Waals surface area contributed by atoms with Gasteiger partial charge in [-0.2, -0.15) is 0 Å². The summed E-state index contributed by atoms with van der Waals surface area (Å²) in [6.45, 7) is 0. The highest BCUT2D eigenvalue weighted by Crippen LogP contribution is 2.25. The lowest BCUT2D eigenvalue weighted by molar-refractivity contribution is -0.125. The molecule has 0 heterocycles. The van der Waals surface area contributed by atoms with E-state index in [1.54, 1.807) is 30.3 Å². The molecular weight excluding hydrogens is 388 g/mol. The van der Waals surface area contributed by atoms with Crippen molar-refractivity contribution in [1.82, 2.24) is 0 Å². The molecule has 0 radical (unpaired) electrons. The van der Waals surface area contributed by atoms with Gasteiger partial charge in [-0.1, -0.05) is 48.0 Å². The maximum Gasteiger partial charge on any atom is 0.343 e. The van der Waals surface area contributed by atoms with Crippen LogP contribution >= 0.6 is 11.6 Å². The molecule has 0 fully saturated rings. The van der Waals surface area contributed by atoms with E-state index in [1.807, 2.05) is 0 Å². The summed E-state index contributed by atoms with van der Waals surface area (Å²) in [6.07, 6.45) is -1.37. The van der Waals surface area contributed by atoms with Crippen molar-refractivity contribution in [2.24, 2.45) is 0 Å². The molecule has 3 rings (SSSR count). The Morgan fingerprint density at radius 1 is 0.893 bits per heavy atom. The third-order valence-corrected chi connectivity index (χ3v) is 4.16. The molecule has 0 aliphatic heterocycles. The number of halogens is 3. The smallest absolute Gasteiger partial charge is 0.343 e. The topological polar surface area (TPSA) is 55.4 Å². The second-order valence-corrected chi connectivity index (χ2v) is 6.20. The van der Waals surface area contributed by atoms with Gasteiger partial charge in [-0.3, -0.25) is 4.79 Å². The van der Waals surface area contributed by atoms with Crippen molar-refractivity contribution in [3.8, 4) is 0 Å². The Morgan fingerprint density at radius 2 is 1.57 bits per heavy atom. The zero-order valence-electron chi connectivity index (χ0n) is 14.4. The Hall–Kier alpha value is -3.25. The van der Waals surface area contributed by atoms with Gasteiger partial charge in [0.05, 0.1) is 5.02 Å². The maximum absolute atomic E-state index is 14.0. The first-order valence-corrected chi connectivity index (χ1v) is 8.60. The summed E-state index contributed by atoms with van der Waals surface area (Å²) in [5.74, 6) is -3.08. The highest BCUT2D eigenvalue weighted by molar-refractivity contribution is 6.33. The second kappa shape index (κ2) is 8.63. The van der Waals surface area contributed by atoms with E-state index in [-0.39, 0.29) is 5.02 Å². The second-order valence-electron chi connectivity index (χ2n) is 5.79. The molecule has 7 heteroatoms. The standard InChI is InChI=1S/C21H14ClF2NO3/c22-16-7-4-8-17(24)18(16)21(27)28-19(13-5-2-1-3-6-13)20(26)25-15-11-9-14(23)10-12-15/h1-12,19H,(H,25,26)/t19-/m1/s1. The zero-order chi connectivity index (χ0) is 20.1. The lowest BCUT2D eigenvalue weighted by atomic mass is 10.1. The molecule has 3 aromatic rings. The lowest BCUT2D eigenvalue weighted by Crippen LogP contribution is -2.26. The van der Waals surface area contributed by atoms with E-state index in [0.29, 0.717) is 11.3 Å². The molecule has 3 aromatic carbocycles. The van der Waals surface area contributed by atoms with E-state index in [9.17, 15) is 18.4 Å². The minimum Gasteiger partial charge on any atom is -0.444 e. The van der Waals surface area contributed by atoms with Crippen LogP contribution in [-0.2, 0) is 9.53 Å². The number of nitrogens with one attached hydrogen (secondary N) is 1. The van der Waals surface area contributed by atoms with Crippen molar-refractivity contribution in [3.05, 3.63) is 101 Å². The quantitative estimate of drug-likeness (QED) is 0.601. The molecule has 0 bridgehead atoms. The van der Waals surface area contributed by atoms with Crippen LogP contribution in [0.5, 0.6) is 0 Å². The summed E-state index contributed by atoms with van der Waals surface area (Å²) >= 11 is 5.90.